The second kappa shape index (κ2) is 2.68. The van der Waals surface area contributed by atoms with E-state index in [4.69, 9.17) is 10.5 Å². The number of nitrogens with zero attached hydrogens (tertiary/aromatic N) is 2. The topological polar surface area (TPSA) is 85.9 Å². The third-order valence-corrected chi connectivity index (χ3v) is 3.31. The van der Waals surface area contributed by atoms with Crippen molar-refractivity contribution in [2.24, 2.45) is 11.7 Å². The molecule has 1 aromatic heterocycles. The fourth-order valence-electron chi connectivity index (χ4n) is 2.53. The van der Waals surface area contributed by atoms with Crippen LogP contribution in [0.25, 0.3) is 0 Å². The first-order valence-corrected chi connectivity index (χ1v) is 4.78. The lowest BCUT2D eigenvalue weighted by molar-refractivity contribution is -0.0367. The van der Waals surface area contributed by atoms with Gasteiger partial charge in [0.05, 0.1) is 12.1 Å². The van der Waals surface area contributed by atoms with Gasteiger partial charge in [-0.25, -0.2) is 9.89 Å². The van der Waals surface area contributed by atoms with E-state index in [0.29, 0.717) is 5.92 Å². The summed E-state index contributed by atoms with van der Waals surface area (Å²) in [4.78, 5) is 11.3. The van der Waals surface area contributed by atoms with Crippen LogP contribution in [0.1, 0.15) is 12.5 Å². The summed E-state index contributed by atoms with van der Waals surface area (Å²) >= 11 is 0. The van der Waals surface area contributed by atoms with E-state index in [1.54, 1.807) is 0 Å². The Hall–Kier alpha value is -1.14. The number of nitrogens with two attached hydrogens (primary N) is 1. The highest BCUT2D eigenvalue weighted by Gasteiger charge is 2.53. The van der Waals surface area contributed by atoms with Gasteiger partial charge in [0, 0.05) is 18.6 Å². The fraction of sp³-hybridized carbons (Fsp3) is 0.750. The molecule has 3 rings (SSSR count). The second-order valence-electron chi connectivity index (χ2n) is 3.92. The Kier molecular flexibility index (Phi) is 1.57. The van der Waals surface area contributed by atoms with Crippen molar-refractivity contribution in [1.29, 1.82) is 0 Å². The summed E-state index contributed by atoms with van der Waals surface area (Å²) in [5.74, 6) is 0.418. The fourth-order valence-corrected chi connectivity index (χ4v) is 2.53. The average Bonchev–Trinajstić information content (AvgIpc) is 2.75. The molecule has 0 spiro atoms. The minimum atomic E-state index is -0.209. The molecular formula is C8H12N4O2. The maximum Gasteiger partial charge on any atom is 0.343 e. The van der Waals surface area contributed by atoms with Gasteiger partial charge in [-0.05, 0) is 6.42 Å². The molecule has 0 aromatic carbocycles. The van der Waals surface area contributed by atoms with Crippen LogP contribution in [-0.4, -0.2) is 33.5 Å². The van der Waals surface area contributed by atoms with Crippen molar-refractivity contribution in [2.75, 3.05) is 6.61 Å². The lowest BCUT2D eigenvalue weighted by Crippen LogP contribution is -2.60. The summed E-state index contributed by atoms with van der Waals surface area (Å²) in [5.41, 5.74) is 5.78. The molecule has 3 N–H and O–H groups in total. The number of H-pyrrole nitrogens is 1. The molecule has 0 amide bonds. The van der Waals surface area contributed by atoms with Crippen molar-refractivity contribution in [1.82, 2.24) is 14.8 Å². The van der Waals surface area contributed by atoms with E-state index in [-0.39, 0.29) is 23.9 Å². The van der Waals surface area contributed by atoms with Crippen LogP contribution in [0.4, 0.5) is 0 Å². The molecule has 0 radical (unpaired) electrons. The van der Waals surface area contributed by atoms with Crippen LogP contribution in [0.15, 0.2) is 11.1 Å². The largest absolute Gasteiger partial charge is 0.376 e. The number of hydrogen-bond acceptors (Lipinski definition) is 4. The standard InChI is InChI=1S/C8H12N4O2/c9-5-4-1-2-14-7(4)6(5)12-3-10-11-8(12)13/h3-7H,1-2,9H2,(H,11,13). The van der Waals surface area contributed by atoms with Gasteiger partial charge in [-0.15, -0.1) is 0 Å². The lowest BCUT2D eigenvalue weighted by atomic mass is 9.72. The van der Waals surface area contributed by atoms with Crippen LogP contribution in [0.5, 0.6) is 0 Å². The average molecular weight is 196 g/mol. The zero-order valence-corrected chi connectivity index (χ0v) is 7.59. The van der Waals surface area contributed by atoms with Crippen molar-refractivity contribution < 1.29 is 4.74 Å². The Labute approximate surface area is 80.1 Å². The molecular weight excluding hydrogens is 184 g/mol. The molecule has 2 aliphatic rings. The smallest absolute Gasteiger partial charge is 0.343 e. The van der Waals surface area contributed by atoms with E-state index in [0.717, 1.165) is 13.0 Å². The molecule has 1 saturated heterocycles. The van der Waals surface area contributed by atoms with Gasteiger partial charge in [0.2, 0.25) is 0 Å². The molecule has 0 bridgehead atoms. The van der Waals surface area contributed by atoms with E-state index in [1.807, 2.05) is 0 Å². The molecule has 76 valence electrons. The number of ether oxygens (including phenoxy) is 1. The van der Waals surface area contributed by atoms with Gasteiger partial charge < -0.3 is 10.5 Å². The maximum atomic E-state index is 11.3. The van der Waals surface area contributed by atoms with Crippen LogP contribution < -0.4 is 11.4 Å². The number of rotatable bonds is 1. The van der Waals surface area contributed by atoms with Crippen molar-refractivity contribution in [3.05, 3.63) is 16.8 Å². The Morgan fingerprint density at radius 3 is 3.29 bits per heavy atom. The predicted molar refractivity (Wildman–Crippen MR) is 47.7 cm³/mol. The Balaban J connectivity index is 1.94. The van der Waals surface area contributed by atoms with Crippen molar-refractivity contribution >= 4 is 0 Å². The molecule has 4 atom stereocenters. The molecule has 4 unspecified atom stereocenters. The Bertz CT molecular complexity index is 398. The summed E-state index contributed by atoms with van der Waals surface area (Å²) in [7, 11) is 0. The molecule has 6 nitrogen and oxygen atoms in total. The summed E-state index contributed by atoms with van der Waals surface area (Å²) < 4.78 is 7.07. The number of fused-ring (bicyclic) bond motifs is 1. The van der Waals surface area contributed by atoms with Crippen LogP contribution in [-0.2, 0) is 4.74 Å². The Morgan fingerprint density at radius 2 is 2.57 bits per heavy atom. The molecule has 1 aromatic rings. The first-order chi connectivity index (χ1) is 6.79. The number of hydrogen-bond donors (Lipinski definition) is 2. The van der Waals surface area contributed by atoms with Gasteiger partial charge in [-0.2, -0.15) is 5.10 Å². The first kappa shape index (κ1) is 8.19. The van der Waals surface area contributed by atoms with Gasteiger partial charge in [-0.3, -0.25) is 4.57 Å². The number of nitrogens with one attached hydrogen (secondary N) is 1. The molecule has 1 aliphatic heterocycles. The zero-order valence-electron chi connectivity index (χ0n) is 7.59. The van der Waals surface area contributed by atoms with Gasteiger partial charge >= 0.3 is 5.69 Å². The number of aromatic amines is 1. The van der Waals surface area contributed by atoms with Crippen LogP contribution in [0, 0.1) is 5.92 Å². The van der Waals surface area contributed by atoms with E-state index < -0.39 is 0 Å². The molecule has 1 aliphatic carbocycles. The molecule has 14 heavy (non-hydrogen) atoms. The Morgan fingerprint density at radius 1 is 1.71 bits per heavy atom. The van der Waals surface area contributed by atoms with Gasteiger partial charge in [-0.1, -0.05) is 0 Å². The van der Waals surface area contributed by atoms with Gasteiger partial charge in [0.25, 0.3) is 0 Å². The second-order valence-corrected chi connectivity index (χ2v) is 3.92. The molecule has 1 saturated carbocycles. The highest BCUT2D eigenvalue weighted by atomic mass is 16.5. The predicted octanol–water partition coefficient (Wildman–Crippen LogP) is -1.14. The summed E-state index contributed by atoms with van der Waals surface area (Å²) in [6, 6.07) is -0.00782. The third kappa shape index (κ3) is 0.869. The normalized spacial score (nSPS) is 40.6. The van der Waals surface area contributed by atoms with Gasteiger partial charge in [0.1, 0.15) is 6.33 Å². The van der Waals surface area contributed by atoms with Crippen LogP contribution >= 0.6 is 0 Å². The zero-order chi connectivity index (χ0) is 9.71. The van der Waals surface area contributed by atoms with Crippen molar-refractivity contribution in [2.45, 2.75) is 24.6 Å². The summed E-state index contributed by atoms with van der Waals surface area (Å²) in [5, 5.41) is 6.05. The van der Waals surface area contributed by atoms with E-state index in [2.05, 4.69) is 10.2 Å². The van der Waals surface area contributed by atoms with E-state index >= 15 is 0 Å². The molecule has 6 heteroatoms. The minimum absolute atomic E-state index is 0.0257. The summed E-state index contributed by atoms with van der Waals surface area (Å²) in [6.45, 7) is 0.756. The highest BCUT2D eigenvalue weighted by Crippen LogP contribution is 2.44. The number of aromatic nitrogens is 3. The molecule has 2 fully saturated rings. The third-order valence-electron chi connectivity index (χ3n) is 3.31. The van der Waals surface area contributed by atoms with Gasteiger partial charge in [0.15, 0.2) is 0 Å². The van der Waals surface area contributed by atoms with E-state index in [1.165, 1.54) is 10.9 Å². The highest BCUT2D eigenvalue weighted by molar-refractivity contribution is 5.07. The summed E-state index contributed by atoms with van der Waals surface area (Å²) in [6.07, 6.45) is 2.61. The van der Waals surface area contributed by atoms with Crippen molar-refractivity contribution in [3.63, 3.8) is 0 Å². The minimum Gasteiger partial charge on any atom is -0.376 e. The maximum absolute atomic E-state index is 11.3. The quantitative estimate of drug-likeness (QED) is 0.594. The van der Waals surface area contributed by atoms with Crippen LogP contribution in [0.2, 0.25) is 0 Å². The van der Waals surface area contributed by atoms with E-state index in [9.17, 15) is 4.79 Å². The van der Waals surface area contributed by atoms with Crippen molar-refractivity contribution in [3.8, 4) is 0 Å². The molecule has 2 heterocycles. The SMILES string of the molecule is NC1C2CCOC2C1n1cn[nH]c1=O. The first-order valence-electron chi connectivity index (χ1n) is 4.78. The monoisotopic (exact) mass is 196 g/mol. The van der Waals surface area contributed by atoms with Crippen LogP contribution in [0.3, 0.4) is 0 Å². The lowest BCUT2D eigenvalue weighted by Gasteiger charge is -2.45.